The first-order valence-electron chi connectivity index (χ1n) is 7.91. The molecule has 0 radical (unpaired) electrons. The van der Waals surface area contributed by atoms with Crippen molar-refractivity contribution in [2.45, 2.75) is 57.1 Å². The lowest BCUT2D eigenvalue weighted by molar-refractivity contribution is -0.119. The Kier molecular flexibility index (Phi) is 4.56. The standard InChI is InChI=1S/C16H21N3O3/c20-14-7-5-11(18-14)9-15(21)19-12-6-8-16(17-10-12)22-13-3-1-2-4-13/h6,8,10-11,13H,1-5,7,9H2,(H,18,20)(H,19,21)/t11-/m0/s1. The topological polar surface area (TPSA) is 80.3 Å². The predicted octanol–water partition coefficient (Wildman–Crippen LogP) is 2.01. The van der Waals surface area contributed by atoms with Gasteiger partial charge < -0.3 is 15.4 Å². The van der Waals surface area contributed by atoms with Crippen molar-refractivity contribution in [3.05, 3.63) is 18.3 Å². The summed E-state index contributed by atoms with van der Waals surface area (Å²) in [5.74, 6) is 0.513. The maximum Gasteiger partial charge on any atom is 0.226 e. The number of carbonyl (C=O) groups is 2. The number of hydrogen-bond acceptors (Lipinski definition) is 4. The number of carbonyl (C=O) groups excluding carboxylic acids is 2. The molecule has 2 heterocycles. The lowest BCUT2D eigenvalue weighted by atomic mass is 10.1. The second-order valence-corrected chi connectivity index (χ2v) is 5.96. The third-order valence-electron chi connectivity index (χ3n) is 4.13. The van der Waals surface area contributed by atoms with Crippen LogP contribution < -0.4 is 15.4 Å². The van der Waals surface area contributed by atoms with Crippen LogP contribution in [0.25, 0.3) is 0 Å². The first-order chi connectivity index (χ1) is 10.7. The van der Waals surface area contributed by atoms with Crippen LogP contribution in [0.1, 0.15) is 44.9 Å². The van der Waals surface area contributed by atoms with Gasteiger partial charge in [-0.05, 0) is 38.2 Å². The summed E-state index contributed by atoms with van der Waals surface area (Å²) < 4.78 is 5.78. The number of nitrogens with zero attached hydrogens (tertiary/aromatic N) is 1. The van der Waals surface area contributed by atoms with Crippen LogP contribution in [0.3, 0.4) is 0 Å². The summed E-state index contributed by atoms with van der Waals surface area (Å²) in [6, 6.07) is 3.53. The first kappa shape index (κ1) is 14.8. The normalized spacial score (nSPS) is 21.6. The Hall–Kier alpha value is -2.11. The lowest BCUT2D eigenvalue weighted by Crippen LogP contribution is -2.29. The van der Waals surface area contributed by atoms with Gasteiger partial charge >= 0.3 is 0 Å². The number of nitrogens with one attached hydrogen (secondary N) is 2. The van der Waals surface area contributed by atoms with E-state index in [-0.39, 0.29) is 24.0 Å². The number of hydrogen-bond donors (Lipinski definition) is 2. The highest BCUT2D eigenvalue weighted by molar-refractivity contribution is 5.91. The number of rotatable bonds is 5. The second kappa shape index (κ2) is 6.77. The monoisotopic (exact) mass is 303 g/mol. The molecule has 2 amide bonds. The first-order valence-corrected chi connectivity index (χ1v) is 7.91. The molecule has 2 N–H and O–H groups in total. The van der Waals surface area contributed by atoms with E-state index in [1.54, 1.807) is 18.3 Å². The summed E-state index contributed by atoms with van der Waals surface area (Å²) in [6.07, 6.45) is 8.03. The highest BCUT2D eigenvalue weighted by atomic mass is 16.5. The fourth-order valence-electron chi connectivity index (χ4n) is 2.97. The van der Waals surface area contributed by atoms with Crippen molar-refractivity contribution in [1.29, 1.82) is 0 Å². The Balaban J connectivity index is 1.47. The van der Waals surface area contributed by atoms with E-state index < -0.39 is 0 Å². The van der Waals surface area contributed by atoms with E-state index in [9.17, 15) is 9.59 Å². The van der Waals surface area contributed by atoms with E-state index in [0.717, 1.165) is 19.3 Å². The molecule has 0 bridgehead atoms. The van der Waals surface area contributed by atoms with E-state index in [0.29, 0.717) is 24.4 Å². The molecule has 0 unspecified atom stereocenters. The molecular formula is C16H21N3O3. The van der Waals surface area contributed by atoms with Crippen LogP contribution in [-0.2, 0) is 9.59 Å². The van der Waals surface area contributed by atoms with E-state index in [2.05, 4.69) is 15.6 Å². The van der Waals surface area contributed by atoms with Crippen LogP contribution in [0.2, 0.25) is 0 Å². The van der Waals surface area contributed by atoms with Gasteiger partial charge in [0.2, 0.25) is 17.7 Å². The van der Waals surface area contributed by atoms with Crippen LogP contribution in [0.4, 0.5) is 5.69 Å². The maximum atomic E-state index is 11.9. The largest absolute Gasteiger partial charge is 0.474 e. The van der Waals surface area contributed by atoms with Crippen molar-refractivity contribution in [3.8, 4) is 5.88 Å². The van der Waals surface area contributed by atoms with Gasteiger partial charge in [0.15, 0.2) is 0 Å². The fourth-order valence-corrected chi connectivity index (χ4v) is 2.97. The van der Waals surface area contributed by atoms with Gasteiger partial charge in [0.1, 0.15) is 6.10 Å². The van der Waals surface area contributed by atoms with Gasteiger partial charge in [0.25, 0.3) is 0 Å². The zero-order valence-corrected chi connectivity index (χ0v) is 12.5. The average Bonchev–Trinajstić information content (AvgIpc) is 3.13. The molecular weight excluding hydrogens is 282 g/mol. The van der Waals surface area contributed by atoms with Gasteiger partial charge in [-0.25, -0.2) is 4.98 Å². The highest BCUT2D eigenvalue weighted by Crippen LogP contribution is 2.23. The minimum Gasteiger partial charge on any atom is -0.474 e. The molecule has 6 nitrogen and oxygen atoms in total. The molecule has 1 aromatic rings. The summed E-state index contributed by atoms with van der Waals surface area (Å²) >= 11 is 0. The molecule has 0 spiro atoms. The molecule has 0 aromatic carbocycles. The molecule has 22 heavy (non-hydrogen) atoms. The van der Waals surface area contributed by atoms with Crippen molar-refractivity contribution in [2.24, 2.45) is 0 Å². The minimum atomic E-state index is -0.113. The molecule has 2 aliphatic rings. The average molecular weight is 303 g/mol. The van der Waals surface area contributed by atoms with Crippen molar-refractivity contribution in [1.82, 2.24) is 10.3 Å². The highest BCUT2D eigenvalue weighted by Gasteiger charge is 2.23. The van der Waals surface area contributed by atoms with Crippen LogP contribution in [0.15, 0.2) is 18.3 Å². The zero-order chi connectivity index (χ0) is 15.4. The van der Waals surface area contributed by atoms with Crippen LogP contribution in [0.5, 0.6) is 5.88 Å². The summed E-state index contributed by atoms with van der Waals surface area (Å²) in [7, 11) is 0. The molecule has 118 valence electrons. The Bertz CT molecular complexity index is 538. The maximum absolute atomic E-state index is 11.9. The van der Waals surface area contributed by atoms with Gasteiger partial charge in [0.05, 0.1) is 11.9 Å². The Morgan fingerprint density at radius 1 is 1.32 bits per heavy atom. The van der Waals surface area contributed by atoms with Crippen molar-refractivity contribution >= 4 is 17.5 Å². The van der Waals surface area contributed by atoms with Gasteiger partial charge in [-0.1, -0.05) is 0 Å². The zero-order valence-electron chi connectivity index (χ0n) is 12.5. The van der Waals surface area contributed by atoms with E-state index in [1.165, 1.54) is 12.8 Å². The molecule has 3 rings (SSSR count). The SMILES string of the molecule is O=C(C[C@@H]1CCC(=O)N1)Nc1ccc(OC2CCCC2)nc1. The van der Waals surface area contributed by atoms with Crippen molar-refractivity contribution in [2.75, 3.05) is 5.32 Å². The smallest absolute Gasteiger partial charge is 0.226 e. The predicted molar refractivity (Wildman–Crippen MR) is 81.5 cm³/mol. The molecule has 1 aliphatic heterocycles. The Morgan fingerprint density at radius 3 is 2.77 bits per heavy atom. The molecule has 2 fully saturated rings. The molecule has 1 atom stereocenters. The van der Waals surface area contributed by atoms with Crippen molar-refractivity contribution in [3.63, 3.8) is 0 Å². The van der Waals surface area contributed by atoms with E-state index >= 15 is 0 Å². The molecule has 1 saturated heterocycles. The summed E-state index contributed by atoms with van der Waals surface area (Å²) in [5, 5.41) is 5.58. The summed E-state index contributed by atoms with van der Waals surface area (Å²) in [6.45, 7) is 0. The minimum absolute atomic E-state index is 0.0212. The third kappa shape index (κ3) is 3.96. The van der Waals surface area contributed by atoms with Gasteiger partial charge in [-0.3, -0.25) is 9.59 Å². The molecule has 1 saturated carbocycles. The van der Waals surface area contributed by atoms with Gasteiger partial charge in [-0.15, -0.1) is 0 Å². The van der Waals surface area contributed by atoms with Crippen LogP contribution in [-0.4, -0.2) is 28.9 Å². The van der Waals surface area contributed by atoms with Gasteiger partial charge in [-0.2, -0.15) is 0 Å². The fraction of sp³-hybridized carbons (Fsp3) is 0.562. The van der Waals surface area contributed by atoms with Crippen LogP contribution in [0, 0.1) is 0 Å². The number of ether oxygens (including phenoxy) is 1. The third-order valence-corrected chi connectivity index (χ3v) is 4.13. The summed E-state index contributed by atoms with van der Waals surface area (Å²) in [5.41, 5.74) is 0.646. The molecule has 1 aromatic heterocycles. The Morgan fingerprint density at radius 2 is 2.14 bits per heavy atom. The quantitative estimate of drug-likeness (QED) is 0.872. The lowest BCUT2D eigenvalue weighted by Gasteiger charge is -2.13. The number of aromatic nitrogens is 1. The van der Waals surface area contributed by atoms with E-state index in [4.69, 9.17) is 4.74 Å². The Labute approximate surface area is 129 Å². The second-order valence-electron chi connectivity index (χ2n) is 5.96. The van der Waals surface area contributed by atoms with Crippen LogP contribution >= 0.6 is 0 Å². The van der Waals surface area contributed by atoms with Crippen molar-refractivity contribution < 1.29 is 14.3 Å². The number of anilines is 1. The van der Waals surface area contributed by atoms with E-state index in [1.807, 2.05) is 0 Å². The van der Waals surface area contributed by atoms with Gasteiger partial charge in [0, 0.05) is 24.9 Å². The molecule has 1 aliphatic carbocycles. The molecule has 6 heteroatoms. The summed E-state index contributed by atoms with van der Waals surface area (Å²) in [4.78, 5) is 27.3. The number of amides is 2. The number of pyridine rings is 1.